The van der Waals surface area contributed by atoms with Crippen LogP contribution < -0.4 is 10.1 Å². The molecule has 1 amide bonds. The largest absolute Gasteiger partial charge is 0.457 e. The van der Waals surface area contributed by atoms with E-state index in [9.17, 15) is 4.79 Å². The summed E-state index contributed by atoms with van der Waals surface area (Å²) in [4.78, 5) is 11.6. The molecule has 144 valence electrons. The minimum Gasteiger partial charge on any atom is -0.457 e. The van der Waals surface area contributed by atoms with Gasteiger partial charge in [0, 0.05) is 12.6 Å². The summed E-state index contributed by atoms with van der Waals surface area (Å²) in [6, 6.07) is 15.8. The van der Waals surface area contributed by atoms with Gasteiger partial charge in [-0.1, -0.05) is 45.2 Å². The quantitative estimate of drug-likeness (QED) is 0.666. The molecule has 2 aromatic carbocycles. The third-order valence-corrected chi connectivity index (χ3v) is 5.89. The van der Waals surface area contributed by atoms with Crippen molar-refractivity contribution >= 4 is 5.91 Å². The fourth-order valence-electron chi connectivity index (χ4n) is 4.28. The Morgan fingerprint density at radius 2 is 1.67 bits per heavy atom. The summed E-state index contributed by atoms with van der Waals surface area (Å²) in [7, 11) is 1.63. The first-order valence-corrected chi connectivity index (χ1v) is 10.2. The Kier molecular flexibility index (Phi) is 6.54. The van der Waals surface area contributed by atoms with Crippen LogP contribution in [0.3, 0.4) is 0 Å². The van der Waals surface area contributed by atoms with E-state index in [2.05, 4.69) is 43.4 Å². The zero-order valence-corrected chi connectivity index (χ0v) is 16.7. The van der Waals surface area contributed by atoms with E-state index in [0.29, 0.717) is 11.5 Å². The lowest BCUT2D eigenvalue weighted by molar-refractivity contribution is 0.0963. The van der Waals surface area contributed by atoms with E-state index in [1.54, 1.807) is 19.2 Å². The highest BCUT2D eigenvalue weighted by atomic mass is 16.5. The molecule has 0 spiro atoms. The number of nitrogens with one attached hydrogen (secondary N) is 1. The van der Waals surface area contributed by atoms with Crippen molar-refractivity contribution in [1.29, 1.82) is 0 Å². The van der Waals surface area contributed by atoms with Crippen LogP contribution in [0, 0.1) is 11.8 Å². The minimum atomic E-state index is -0.0890. The molecule has 3 heteroatoms. The molecule has 1 aliphatic rings. The van der Waals surface area contributed by atoms with Crippen molar-refractivity contribution in [3.05, 3.63) is 59.7 Å². The average molecular weight is 366 g/mol. The van der Waals surface area contributed by atoms with Gasteiger partial charge in [-0.2, -0.15) is 0 Å². The van der Waals surface area contributed by atoms with Crippen molar-refractivity contribution in [2.45, 2.75) is 51.9 Å². The number of rotatable bonds is 6. The number of carbonyl (C=O) groups excluding carboxylic acids is 1. The average Bonchev–Trinajstić information content (AvgIpc) is 2.70. The van der Waals surface area contributed by atoms with Gasteiger partial charge in [0.2, 0.25) is 0 Å². The van der Waals surface area contributed by atoms with E-state index < -0.39 is 0 Å². The molecule has 3 unspecified atom stereocenters. The molecule has 1 N–H and O–H groups in total. The number of hydrogen-bond donors (Lipinski definition) is 1. The predicted octanol–water partition coefficient (Wildman–Crippen LogP) is 6.16. The number of carbonyl (C=O) groups is 1. The second-order valence-corrected chi connectivity index (χ2v) is 7.83. The zero-order valence-electron chi connectivity index (χ0n) is 16.7. The highest BCUT2D eigenvalue weighted by Gasteiger charge is 2.28. The summed E-state index contributed by atoms with van der Waals surface area (Å²) in [5, 5.41) is 2.62. The first-order chi connectivity index (χ1) is 13.1. The summed E-state index contributed by atoms with van der Waals surface area (Å²) < 4.78 is 5.94. The van der Waals surface area contributed by atoms with Crippen molar-refractivity contribution in [1.82, 2.24) is 5.32 Å². The second-order valence-electron chi connectivity index (χ2n) is 7.83. The van der Waals surface area contributed by atoms with Crippen LogP contribution in [0.5, 0.6) is 11.5 Å². The zero-order chi connectivity index (χ0) is 19.2. The first-order valence-electron chi connectivity index (χ1n) is 10.2. The molecule has 0 bridgehead atoms. The van der Waals surface area contributed by atoms with Gasteiger partial charge in [0.25, 0.3) is 5.91 Å². The molecule has 3 rings (SSSR count). The Bertz CT molecular complexity index is 736. The maximum absolute atomic E-state index is 11.6. The standard InChI is InChI=1S/C24H31NO2/c1-4-5-18-7-6-17(2)23(16-18)19-8-12-21(13-9-19)27-22-14-10-20(11-15-22)24(26)25-3/h8-15,17-18,23H,4-7,16H2,1-3H3,(H,25,26). The lowest BCUT2D eigenvalue weighted by Gasteiger charge is -2.34. The van der Waals surface area contributed by atoms with E-state index in [4.69, 9.17) is 4.74 Å². The fourth-order valence-corrected chi connectivity index (χ4v) is 4.28. The van der Waals surface area contributed by atoms with Crippen molar-refractivity contribution < 1.29 is 9.53 Å². The van der Waals surface area contributed by atoms with E-state index in [1.165, 1.54) is 37.7 Å². The molecule has 3 atom stereocenters. The minimum absolute atomic E-state index is 0.0890. The molecule has 2 aromatic rings. The van der Waals surface area contributed by atoms with Gasteiger partial charge in [-0.05, 0) is 72.6 Å². The summed E-state index contributed by atoms with van der Waals surface area (Å²) in [5.41, 5.74) is 2.07. The van der Waals surface area contributed by atoms with Crippen molar-refractivity contribution in [3.8, 4) is 11.5 Å². The van der Waals surface area contributed by atoms with Crippen LogP contribution >= 0.6 is 0 Å². The molecule has 0 heterocycles. The molecule has 0 aromatic heterocycles. The second kappa shape index (κ2) is 9.07. The highest BCUT2D eigenvalue weighted by Crippen LogP contribution is 2.42. The molecular formula is C24H31NO2. The number of hydrogen-bond acceptors (Lipinski definition) is 2. The van der Waals surface area contributed by atoms with Crippen LogP contribution in [0.2, 0.25) is 0 Å². The third-order valence-electron chi connectivity index (χ3n) is 5.89. The van der Waals surface area contributed by atoms with Gasteiger partial charge in [0.05, 0.1) is 0 Å². The van der Waals surface area contributed by atoms with E-state index >= 15 is 0 Å². The Morgan fingerprint density at radius 1 is 1.04 bits per heavy atom. The molecule has 3 nitrogen and oxygen atoms in total. The molecule has 1 saturated carbocycles. The van der Waals surface area contributed by atoms with Crippen LogP contribution in [0.1, 0.15) is 67.8 Å². The maximum atomic E-state index is 11.6. The molecule has 0 aliphatic heterocycles. The van der Waals surface area contributed by atoms with E-state index in [-0.39, 0.29) is 5.91 Å². The van der Waals surface area contributed by atoms with Crippen LogP contribution in [-0.2, 0) is 0 Å². The van der Waals surface area contributed by atoms with E-state index in [0.717, 1.165) is 23.3 Å². The molecular weight excluding hydrogens is 334 g/mol. The first kappa shape index (κ1) is 19.5. The topological polar surface area (TPSA) is 38.3 Å². The molecule has 0 radical (unpaired) electrons. The summed E-state index contributed by atoms with van der Waals surface area (Å²) >= 11 is 0. The smallest absolute Gasteiger partial charge is 0.251 e. The van der Waals surface area contributed by atoms with Gasteiger partial charge in [-0.3, -0.25) is 4.79 Å². The molecule has 27 heavy (non-hydrogen) atoms. The highest BCUT2D eigenvalue weighted by molar-refractivity contribution is 5.94. The van der Waals surface area contributed by atoms with Crippen LogP contribution in [0.25, 0.3) is 0 Å². The van der Waals surface area contributed by atoms with Crippen molar-refractivity contribution in [3.63, 3.8) is 0 Å². The summed E-state index contributed by atoms with van der Waals surface area (Å²) in [5.74, 6) is 3.78. The third kappa shape index (κ3) is 4.91. The fraction of sp³-hybridized carbons (Fsp3) is 0.458. The molecule has 0 saturated heterocycles. The maximum Gasteiger partial charge on any atom is 0.251 e. The van der Waals surface area contributed by atoms with E-state index in [1.807, 2.05) is 12.1 Å². The lowest BCUT2D eigenvalue weighted by atomic mass is 9.71. The Morgan fingerprint density at radius 3 is 2.26 bits per heavy atom. The lowest BCUT2D eigenvalue weighted by Crippen LogP contribution is -2.21. The van der Waals surface area contributed by atoms with Crippen LogP contribution in [-0.4, -0.2) is 13.0 Å². The number of amides is 1. The predicted molar refractivity (Wildman–Crippen MR) is 111 cm³/mol. The molecule has 1 aliphatic carbocycles. The van der Waals surface area contributed by atoms with Gasteiger partial charge in [-0.15, -0.1) is 0 Å². The summed E-state index contributed by atoms with van der Waals surface area (Å²) in [6.07, 6.45) is 6.69. The number of benzene rings is 2. The van der Waals surface area contributed by atoms with Crippen molar-refractivity contribution in [2.24, 2.45) is 11.8 Å². The Labute approximate surface area is 163 Å². The van der Waals surface area contributed by atoms with Crippen LogP contribution in [0.4, 0.5) is 0 Å². The normalized spacial score (nSPS) is 22.3. The SMILES string of the molecule is CCCC1CCC(C)C(c2ccc(Oc3ccc(C(=O)NC)cc3)cc2)C1. The Balaban J connectivity index is 1.65. The monoisotopic (exact) mass is 365 g/mol. The number of ether oxygens (including phenoxy) is 1. The summed E-state index contributed by atoms with van der Waals surface area (Å²) in [6.45, 7) is 4.69. The van der Waals surface area contributed by atoms with Gasteiger partial charge in [0.1, 0.15) is 11.5 Å². The van der Waals surface area contributed by atoms with Gasteiger partial charge in [-0.25, -0.2) is 0 Å². The van der Waals surface area contributed by atoms with Crippen molar-refractivity contribution in [2.75, 3.05) is 7.05 Å². The molecule has 1 fully saturated rings. The van der Waals surface area contributed by atoms with Crippen LogP contribution in [0.15, 0.2) is 48.5 Å². The van der Waals surface area contributed by atoms with Gasteiger partial charge < -0.3 is 10.1 Å². The Hall–Kier alpha value is -2.29. The van der Waals surface area contributed by atoms with Gasteiger partial charge in [0.15, 0.2) is 0 Å². The van der Waals surface area contributed by atoms with Gasteiger partial charge >= 0.3 is 0 Å².